The molecule has 33 heavy (non-hydrogen) atoms. The number of aliphatic carboxylic acids is 1. The summed E-state index contributed by atoms with van der Waals surface area (Å²) in [4.78, 5) is 66.9. The van der Waals surface area contributed by atoms with Crippen molar-refractivity contribution >= 4 is 42.2 Å². The Bertz CT molecular complexity index is 833. The highest BCUT2D eigenvalue weighted by atomic mass is 32.1. The first-order valence-corrected chi connectivity index (χ1v) is 10.8. The number of carboxylic acids is 1. The first-order valence-electron chi connectivity index (χ1n) is 10.2. The van der Waals surface area contributed by atoms with Gasteiger partial charge in [-0.15, -0.1) is 0 Å². The number of nitrogens with zero attached hydrogens (tertiary/aromatic N) is 1. The number of hydrogen-bond donors (Lipinski definition) is 8. The molecule has 0 aliphatic heterocycles. The minimum atomic E-state index is -1.58. The van der Waals surface area contributed by atoms with Crippen LogP contribution in [-0.4, -0.2) is 74.6 Å². The second-order valence-corrected chi connectivity index (χ2v) is 8.26. The van der Waals surface area contributed by atoms with Gasteiger partial charge in [-0.2, -0.15) is 12.6 Å². The Hall–Kier alpha value is -3.13. The molecule has 0 saturated heterocycles. The number of nitrogens with two attached hydrogens (primary N) is 2. The second kappa shape index (κ2) is 13.4. The zero-order chi connectivity index (χ0) is 25.1. The fraction of sp³-hybridized carbons (Fsp3) is 0.579. The monoisotopic (exact) mass is 485 g/mol. The van der Waals surface area contributed by atoms with Gasteiger partial charge in [0.1, 0.15) is 18.1 Å². The minimum absolute atomic E-state index is 0.0689. The fourth-order valence-electron chi connectivity index (χ4n) is 2.86. The van der Waals surface area contributed by atoms with Gasteiger partial charge in [0.15, 0.2) is 0 Å². The molecule has 0 fully saturated rings. The van der Waals surface area contributed by atoms with Crippen molar-refractivity contribution in [3.8, 4) is 0 Å². The van der Waals surface area contributed by atoms with Gasteiger partial charge in [-0.25, -0.2) is 9.78 Å². The molecule has 0 saturated carbocycles. The zero-order valence-corrected chi connectivity index (χ0v) is 19.3. The van der Waals surface area contributed by atoms with Gasteiger partial charge in [-0.3, -0.25) is 19.2 Å². The van der Waals surface area contributed by atoms with E-state index in [4.69, 9.17) is 11.5 Å². The summed E-state index contributed by atoms with van der Waals surface area (Å²) in [6.07, 6.45) is 2.50. The van der Waals surface area contributed by atoms with Gasteiger partial charge in [0.2, 0.25) is 23.6 Å². The number of carboxylic acid groups (broad SMARTS) is 1. The van der Waals surface area contributed by atoms with Gasteiger partial charge < -0.3 is 37.5 Å². The third-order valence-electron chi connectivity index (χ3n) is 4.51. The summed E-state index contributed by atoms with van der Waals surface area (Å²) < 4.78 is 0. The normalized spacial score (nSPS) is 14.6. The molecule has 1 aromatic heterocycles. The van der Waals surface area contributed by atoms with Crippen molar-refractivity contribution in [3.63, 3.8) is 0 Å². The molecule has 0 aromatic carbocycles. The lowest BCUT2D eigenvalue weighted by molar-refractivity contribution is -0.143. The van der Waals surface area contributed by atoms with E-state index in [1.165, 1.54) is 12.5 Å². The molecule has 0 aliphatic rings. The number of thiol groups is 1. The number of amides is 4. The van der Waals surface area contributed by atoms with Crippen molar-refractivity contribution in [2.45, 2.75) is 57.3 Å². The lowest BCUT2D eigenvalue weighted by Gasteiger charge is -2.24. The number of aromatic amines is 1. The van der Waals surface area contributed by atoms with E-state index in [0.29, 0.717) is 12.1 Å². The van der Waals surface area contributed by atoms with E-state index in [0.717, 1.165) is 0 Å². The van der Waals surface area contributed by atoms with Crippen molar-refractivity contribution in [2.24, 2.45) is 17.4 Å². The van der Waals surface area contributed by atoms with E-state index >= 15 is 0 Å². The number of nitrogens with one attached hydrogen (secondary N) is 4. The first-order chi connectivity index (χ1) is 15.4. The van der Waals surface area contributed by atoms with E-state index in [2.05, 4.69) is 38.5 Å². The number of H-pyrrole nitrogens is 1. The largest absolute Gasteiger partial charge is 0.480 e. The maximum atomic E-state index is 12.8. The summed E-state index contributed by atoms with van der Waals surface area (Å²) in [6.45, 7) is 3.80. The van der Waals surface area contributed by atoms with Gasteiger partial charge in [0.05, 0.1) is 18.8 Å². The Kier molecular flexibility index (Phi) is 11.4. The van der Waals surface area contributed by atoms with Crippen LogP contribution in [0.3, 0.4) is 0 Å². The summed E-state index contributed by atoms with van der Waals surface area (Å²) in [5, 5.41) is 16.4. The number of hydrogen-bond acceptors (Lipinski definition) is 8. The lowest BCUT2D eigenvalue weighted by Crippen LogP contribution is -2.58. The van der Waals surface area contributed by atoms with Crippen LogP contribution in [0.5, 0.6) is 0 Å². The molecule has 4 atom stereocenters. The highest BCUT2D eigenvalue weighted by Crippen LogP contribution is 2.05. The third kappa shape index (κ3) is 9.91. The van der Waals surface area contributed by atoms with Crippen LogP contribution in [0.25, 0.3) is 0 Å². The number of rotatable bonds is 14. The minimum Gasteiger partial charge on any atom is -0.480 e. The fourth-order valence-corrected chi connectivity index (χ4v) is 3.12. The van der Waals surface area contributed by atoms with Crippen LogP contribution in [0.1, 0.15) is 32.4 Å². The second-order valence-electron chi connectivity index (χ2n) is 7.89. The summed E-state index contributed by atoms with van der Waals surface area (Å²) in [5.74, 6) is -4.44. The van der Waals surface area contributed by atoms with Crippen molar-refractivity contribution in [1.82, 2.24) is 25.9 Å². The van der Waals surface area contributed by atoms with Crippen LogP contribution in [0.4, 0.5) is 0 Å². The van der Waals surface area contributed by atoms with E-state index in [1.54, 1.807) is 0 Å². The van der Waals surface area contributed by atoms with Crippen LogP contribution in [0, 0.1) is 5.92 Å². The highest BCUT2D eigenvalue weighted by molar-refractivity contribution is 7.80. The van der Waals surface area contributed by atoms with E-state index in [9.17, 15) is 29.1 Å². The molecule has 4 amide bonds. The maximum absolute atomic E-state index is 12.8. The number of imidazole rings is 1. The smallest absolute Gasteiger partial charge is 0.326 e. The molecular formula is C19H31N7O6S. The first kappa shape index (κ1) is 27.9. The molecule has 184 valence electrons. The van der Waals surface area contributed by atoms with Crippen LogP contribution < -0.4 is 27.4 Å². The molecule has 0 bridgehead atoms. The van der Waals surface area contributed by atoms with E-state index in [1.807, 2.05) is 13.8 Å². The summed E-state index contributed by atoms with van der Waals surface area (Å²) >= 11 is 4.09. The Morgan fingerprint density at radius 2 is 1.64 bits per heavy atom. The molecule has 14 heteroatoms. The summed E-state index contributed by atoms with van der Waals surface area (Å²) in [6, 6.07) is -4.76. The van der Waals surface area contributed by atoms with Crippen molar-refractivity contribution in [1.29, 1.82) is 0 Å². The molecule has 9 N–H and O–H groups in total. The Morgan fingerprint density at radius 3 is 2.12 bits per heavy atom. The topological polar surface area (TPSA) is 222 Å². The standard InChI is InChI=1S/C19H31N7O6S/c1-9(2)3-11(20)16(28)26-14(7-33)18(30)24-12(4-10-6-22-8-23-10)17(29)25-13(19(31)32)5-15(21)27/h6,8-9,11-14,33H,3-5,7,20H2,1-2H3,(H2,21,27)(H,22,23)(H,24,30)(H,25,29)(H,26,28)(H,31,32). The third-order valence-corrected chi connectivity index (χ3v) is 4.87. The SMILES string of the molecule is CC(C)CC(N)C(=O)NC(CS)C(=O)NC(Cc1cnc[nH]1)C(=O)NC(CC(N)=O)C(=O)O. The van der Waals surface area contributed by atoms with Crippen LogP contribution >= 0.6 is 12.6 Å². The molecule has 0 spiro atoms. The summed E-state index contributed by atoms with van der Waals surface area (Å²) in [5.41, 5.74) is 11.4. The van der Waals surface area contributed by atoms with Crippen molar-refractivity contribution < 1.29 is 29.1 Å². The van der Waals surface area contributed by atoms with Crippen LogP contribution in [0.2, 0.25) is 0 Å². The van der Waals surface area contributed by atoms with Crippen LogP contribution in [-0.2, 0) is 30.4 Å². The van der Waals surface area contributed by atoms with E-state index in [-0.39, 0.29) is 18.1 Å². The molecule has 4 unspecified atom stereocenters. The predicted molar refractivity (Wildman–Crippen MR) is 121 cm³/mol. The maximum Gasteiger partial charge on any atom is 0.326 e. The van der Waals surface area contributed by atoms with E-state index < -0.39 is 60.2 Å². The molecule has 0 aliphatic carbocycles. The lowest BCUT2D eigenvalue weighted by atomic mass is 10.0. The average molecular weight is 486 g/mol. The number of carbonyl (C=O) groups excluding carboxylic acids is 4. The van der Waals surface area contributed by atoms with Gasteiger partial charge in [-0.1, -0.05) is 13.8 Å². The molecule has 1 rings (SSSR count). The van der Waals surface area contributed by atoms with Crippen LogP contribution in [0.15, 0.2) is 12.5 Å². The predicted octanol–water partition coefficient (Wildman–Crippen LogP) is -2.33. The Balaban J connectivity index is 2.95. The molecule has 0 radical (unpaired) electrons. The Morgan fingerprint density at radius 1 is 1.06 bits per heavy atom. The van der Waals surface area contributed by atoms with Crippen molar-refractivity contribution in [3.05, 3.63) is 18.2 Å². The number of aromatic nitrogens is 2. The average Bonchev–Trinajstić information content (AvgIpc) is 3.22. The molecule has 13 nitrogen and oxygen atoms in total. The van der Waals surface area contributed by atoms with Gasteiger partial charge in [-0.05, 0) is 12.3 Å². The summed E-state index contributed by atoms with van der Waals surface area (Å²) in [7, 11) is 0. The van der Waals surface area contributed by atoms with Gasteiger partial charge in [0, 0.05) is 24.1 Å². The Labute approximate surface area is 196 Å². The quantitative estimate of drug-likeness (QED) is 0.133. The highest BCUT2D eigenvalue weighted by Gasteiger charge is 2.31. The number of primary amides is 1. The molecule has 1 heterocycles. The zero-order valence-electron chi connectivity index (χ0n) is 18.4. The van der Waals surface area contributed by atoms with Gasteiger partial charge >= 0.3 is 5.97 Å². The van der Waals surface area contributed by atoms with Crippen molar-refractivity contribution in [2.75, 3.05) is 5.75 Å². The molecule has 1 aromatic rings. The number of carbonyl (C=O) groups is 5. The molecular weight excluding hydrogens is 454 g/mol. The van der Waals surface area contributed by atoms with Gasteiger partial charge in [0.25, 0.3) is 0 Å².